The first kappa shape index (κ1) is 17.3. The Hall–Kier alpha value is -2.48. The van der Waals surface area contributed by atoms with E-state index in [0.717, 1.165) is 11.4 Å². The molecule has 2 aromatic heterocycles. The standard InChI is InChI=1S/C17H22N4O4/c1-11-8-12(2)19-17(18-11)14-10-21(6-7-24-14)16(22)5-4-13-9-15(23-3)20-25-13/h8-9,14H,4-7,10H2,1-3H3/t14-/m0/s1. The Morgan fingerprint density at radius 2 is 2.08 bits per heavy atom. The van der Waals surface area contributed by atoms with Gasteiger partial charge in [-0.25, -0.2) is 9.97 Å². The van der Waals surface area contributed by atoms with Crippen molar-refractivity contribution in [2.45, 2.75) is 32.8 Å². The smallest absolute Gasteiger partial charge is 0.254 e. The molecule has 0 unspecified atom stereocenters. The van der Waals surface area contributed by atoms with Crippen LogP contribution in [-0.4, -0.2) is 52.7 Å². The normalized spacial score (nSPS) is 17.6. The largest absolute Gasteiger partial charge is 0.479 e. The molecule has 0 radical (unpaired) electrons. The lowest BCUT2D eigenvalue weighted by Gasteiger charge is -2.32. The molecule has 2 aromatic rings. The number of methoxy groups -OCH3 is 1. The first-order chi connectivity index (χ1) is 12.0. The number of hydrogen-bond acceptors (Lipinski definition) is 7. The van der Waals surface area contributed by atoms with Gasteiger partial charge in [-0.1, -0.05) is 0 Å². The summed E-state index contributed by atoms with van der Waals surface area (Å²) in [6.07, 6.45) is 0.539. The topological polar surface area (TPSA) is 90.6 Å². The Morgan fingerprint density at radius 1 is 1.32 bits per heavy atom. The van der Waals surface area contributed by atoms with Gasteiger partial charge in [0.15, 0.2) is 5.82 Å². The zero-order chi connectivity index (χ0) is 17.8. The molecule has 1 aliphatic rings. The molecule has 3 heterocycles. The van der Waals surface area contributed by atoms with E-state index >= 15 is 0 Å². The van der Waals surface area contributed by atoms with Crippen molar-refractivity contribution in [3.63, 3.8) is 0 Å². The summed E-state index contributed by atoms with van der Waals surface area (Å²) in [5.41, 5.74) is 1.79. The Bertz CT molecular complexity index is 726. The van der Waals surface area contributed by atoms with Crippen molar-refractivity contribution >= 4 is 5.91 Å². The molecule has 134 valence electrons. The van der Waals surface area contributed by atoms with Crippen molar-refractivity contribution in [1.82, 2.24) is 20.0 Å². The third kappa shape index (κ3) is 4.33. The quantitative estimate of drug-likeness (QED) is 0.812. The SMILES string of the molecule is COc1cc(CCC(=O)N2CCO[C@H](c3nc(C)cc(C)n3)C2)on1. The first-order valence-electron chi connectivity index (χ1n) is 8.26. The molecule has 1 amide bonds. The van der Waals surface area contributed by atoms with Crippen LogP contribution < -0.4 is 4.74 Å². The Kier molecular flexibility index (Phi) is 5.28. The molecule has 0 aliphatic carbocycles. The Balaban J connectivity index is 1.59. The third-order valence-corrected chi connectivity index (χ3v) is 4.04. The lowest BCUT2D eigenvalue weighted by molar-refractivity contribution is -0.139. The van der Waals surface area contributed by atoms with Gasteiger partial charge in [0, 0.05) is 36.8 Å². The zero-order valence-corrected chi connectivity index (χ0v) is 14.7. The molecule has 1 saturated heterocycles. The average Bonchev–Trinajstić information content (AvgIpc) is 3.07. The summed E-state index contributed by atoms with van der Waals surface area (Å²) in [7, 11) is 1.52. The molecule has 8 nitrogen and oxygen atoms in total. The summed E-state index contributed by atoms with van der Waals surface area (Å²) in [5.74, 6) is 1.73. The first-order valence-corrected chi connectivity index (χ1v) is 8.26. The third-order valence-electron chi connectivity index (χ3n) is 4.04. The van der Waals surface area contributed by atoms with Crippen LogP contribution in [0.2, 0.25) is 0 Å². The number of hydrogen-bond donors (Lipinski definition) is 0. The van der Waals surface area contributed by atoms with Crippen molar-refractivity contribution in [3.8, 4) is 5.88 Å². The average molecular weight is 346 g/mol. The number of aromatic nitrogens is 3. The fourth-order valence-electron chi connectivity index (χ4n) is 2.83. The molecule has 1 fully saturated rings. The van der Waals surface area contributed by atoms with Crippen LogP contribution in [-0.2, 0) is 16.0 Å². The predicted molar refractivity (Wildman–Crippen MR) is 88.2 cm³/mol. The maximum absolute atomic E-state index is 12.5. The highest BCUT2D eigenvalue weighted by atomic mass is 16.5. The number of carbonyl (C=O) groups excluding carboxylic acids is 1. The fourth-order valence-corrected chi connectivity index (χ4v) is 2.83. The monoisotopic (exact) mass is 346 g/mol. The minimum Gasteiger partial charge on any atom is -0.479 e. The number of rotatable bonds is 5. The number of carbonyl (C=O) groups is 1. The summed E-state index contributed by atoms with van der Waals surface area (Å²) in [4.78, 5) is 23.2. The number of aryl methyl sites for hydroxylation is 3. The molecule has 0 aromatic carbocycles. The van der Waals surface area contributed by atoms with Gasteiger partial charge >= 0.3 is 0 Å². The van der Waals surface area contributed by atoms with Gasteiger partial charge in [0.25, 0.3) is 5.88 Å². The molecular formula is C17H22N4O4. The molecule has 0 spiro atoms. The van der Waals surface area contributed by atoms with E-state index in [1.54, 1.807) is 11.0 Å². The summed E-state index contributed by atoms with van der Waals surface area (Å²) in [6.45, 7) is 5.36. The van der Waals surface area contributed by atoms with Crippen LogP contribution in [0.5, 0.6) is 5.88 Å². The van der Waals surface area contributed by atoms with Crippen molar-refractivity contribution in [2.24, 2.45) is 0 Å². The summed E-state index contributed by atoms with van der Waals surface area (Å²) in [6, 6.07) is 3.61. The van der Waals surface area contributed by atoms with Crippen molar-refractivity contribution in [2.75, 3.05) is 26.8 Å². The van der Waals surface area contributed by atoms with Crippen LogP contribution in [0.15, 0.2) is 16.7 Å². The van der Waals surface area contributed by atoms with E-state index < -0.39 is 0 Å². The molecule has 1 aliphatic heterocycles. The van der Waals surface area contributed by atoms with E-state index in [1.165, 1.54) is 7.11 Å². The van der Waals surface area contributed by atoms with Gasteiger partial charge in [-0.15, -0.1) is 0 Å². The number of nitrogens with zero attached hydrogens (tertiary/aromatic N) is 4. The summed E-state index contributed by atoms with van der Waals surface area (Å²) < 4.78 is 15.9. The van der Waals surface area contributed by atoms with E-state index in [2.05, 4.69) is 15.1 Å². The van der Waals surface area contributed by atoms with E-state index in [1.807, 2.05) is 19.9 Å². The molecule has 3 rings (SSSR count). The molecule has 8 heteroatoms. The van der Waals surface area contributed by atoms with Crippen molar-refractivity contribution in [3.05, 3.63) is 35.1 Å². The van der Waals surface area contributed by atoms with Gasteiger partial charge in [-0.3, -0.25) is 4.79 Å². The Labute approximate surface area is 146 Å². The van der Waals surface area contributed by atoms with Crippen LogP contribution in [0.25, 0.3) is 0 Å². The second kappa shape index (κ2) is 7.60. The highest BCUT2D eigenvalue weighted by Crippen LogP contribution is 2.21. The fraction of sp³-hybridized carbons (Fsp3) is 0.529. The van der Waals surface area contributed by atoms with Gasteiger partial charge < -0.3 is 18.9 Å². The van der Waals surface area contributed by atoms with E-state index in [9.17, 15) is 4.79 Å². The molecule has 0 N–H and O–H groups in total. The summed E-state index contributed by atoms with van der Waals surface area (Å²) >= 11 is 0. The molecular weight excluding hydrogens is 324 g/mol. The molecule has 25 heavy (non-hydrogen) atoms. The van der Waals surface area contributed by atoms with Crippen LogP contribution in [0.1, 0.15) is 35.5 Å². The van der Waals surface area contributed by atoms with Crippen molar-refractivity contribution in [1.29, 1.82) is 0 Å². The minimum atomic E-state index is -0.290. The van der Waals surface area contributed by atoms with Gasteiger partial charge in [0.05, 0.1) is 20.3 Å². The molecule has 0 bridgehead atoms. The predicted octanol–water partition coefficient (Wildman–Crippen LogP) is 1.62. The maximum Gasteiger partial charge on any atom is 0.254 e. The highest BCUT2D eigenvalue weighted by molar-refractivity contribution is 5.76. The number of morpholine rings is 1. The lowest BCUT2D eigenvalue weighted by atomic mass is 10.2. The molecule has 0 saturated carbocycles. The van der Waals surface area contributed by atoms with Crippen LogP contribution in [0.4, 0.5) is 0 Å². The lowest BCUT2D eigenvalue weighted by Crippen LogP contribution is -2.42. The van der Waals surface area contributed by atoms with Gasteiger partial charge in [-0.05, 0) is 25.1 Å². The highest BCUT2D eigenvalue weighted by Gasteiger charge is 2.27. The van der Waals surface area contributed by atoms with Gasteiger partial charge in [-0.2, -0.15) is 0 Å². The Morgan fingerprint density at radius 3 is 2.76 bits per heavy atom. The minimum absolute atomic E-state index is 0.0491. The van der Waals surface area contributed by atoms with E-state index in [-0.39, 0.29) is 12.0 Å². The summed E-state index contributed by atoms with van der Waals surface area (Å²) in [5, 5.41) is 3.73. The number of ether oxygens (including phenoxy) is 2. The second-order valence-corrected chi connectivity index (χ2v) is 6.04. The van der Waals surface area contributed by atoms with E-state index in [4.69, 9.17) is 14.0 Å². The van der Waals surface area contributed by atoms with Crippen molar-refractivity contribution < 1.29 is 18.8 Å². The van der Waals surface area contributed by atoms with Crippen LogP contribution in [0.3, 0.4) is 0 Å². The maximum atomic E-state index is 12.5. The van der Waals surface area contributed by atoms with Crippen LogP contribution >= 0.6 is 0 Å². The zero-order valence-electron chi connectivity index (χ0n) is 14.7. The van der Waals surface area contributed by atoms with E-state index in [0.29, 0.717) is 50.0 Å². The van der Waals surface area contributed by atoms with Gasteiger partial charge in [0.1, 0.15) is 11.9 Å². The molecule has 1 atom stereocenters. The second-order valence-electron chi connectivity index (χ2n) is 6.04. The van der Waals surface area contributed by atoms with Gasteiger partial charge in [0.2, 0.25) is 5.91 Å². The number of amides is 1. The van der Waals surface area contributed by atoms with Crippen LogP contribution in [0, 0.1) is 13.8 Å².